The van der Waals surface area contributed by atoms with Crippen molar-refractivity contribution in [3.05, 3.63) is 18.5 Å². The summed E-state index contributed by atoms with van der Waals surface area (Å²) in [5.41, 5.74) is 6.28. The molecule has 1 unspecified atom stereocenters. The van der Waals surface area contributed by atoms with E-state index in [0.29, 0.717) is 19.6 Å². The summed E-state index contributed by atoms with van der Waals surface area (Å²) in [6.45, 7) is 5.20. The van der Waals surface area contributed by atoms with Crippen molar-refractivity contribution in [1.29, 1.82) is 0 Å². The van der Waals surface area contributed by atoms with Crippen molar-refractivity contribution in [2.24, 2.45) is 11.7 Å². The summed E-state index contributed by atoms with van der Waals surface area (Å²) in [5.74, 6) is 0.906. The van der Waals surface area contributed by atoms with Gasteiger partial charge in [0.25, 0.3) is 0 Å². The fraction of sp³-hybridized carbons (Fsp3) is 0.538. The van der Waals surface area contributed by atoms with Gasteiger partial charge in [0, 0.05) is 38.6 Å². The van der Waals surface area contributed by atoms with Gasteiger partial charge >= 0.3 is 0 Å². The summed E-state index contributed by atoms with van der Waals surface area (Å²) in [5, 5.41) is 12.2. The van der Waals surface area contributed by atoms with Crippen LogP contribution in [0.4, 0.5) is 5.82 Å². The number of nitrogens with two attached hydrogens (primary N) is 1. The van der Waals surface area contributed by atoms with E-state index < -0.39 is 0 Å². The maximum atomic E-state index is 12.1. The second kappa shape index (κ2) is 5.65. The summed E-state index contributed by atoms with van der Waals surface area (Å²) >= 11 is 0. The van der Waals surface area contributed by atoms with Gasteiger partial charge in [-0.2, -0.15) is 4.52 Å². The summed E-state index contributed by atoms with van der Waals surface area (Å²) in [7, 11) is 0. The molecule has 1 atom stereocenters. The second-order valence-corrected chi connectivity index (χ2v) is 5.27. The lowest BCUT2D eigenvalue weighted by Crippen LogP contribution is -2.51. The van der Waals surface area contributed by atoms with Crippen molar-refractivity contribution >= 4 is 17.4 Å². The molecule has 0 aliphatic carbocycles. The molecular formula is C13H19N7O. The van der Waals surface area contributed by atoms with Crippen molar-refractivity contribution in [2.45, 2.75) is 6.92 Å². The first kappa shape index (κ1) is 13.7. The van der Waals surface area contributed by atoms with Crippen LogP contribution in [-0.4, -0.2) is 63.3 Å². The minimum atomic E-state index is -0.108. The topological polar surface area (TPSA) is 92.7 Å². The van der Waals surface area contributed by atoms with Crippen LogP contribution in [0.1, 0.15) is 6.92 Å². The zero-order valence-electron chi connectivity index (χ0n) is 12.0. The lowest BCUT2D eigenvalue weighted by Gasteiger charge is -2.36. The van der Waals surface area contributed by atoms with E-state index in [0.717, 1.165) is 24.6 Å². The van der Waals surface area contributed by atoms with Crippen LogP contribution in [0.2, 0.25) is 0 Å². The van der Waals surface area contributed by atoms with E-state index in [2.05, 4.69) is 20.2 Å². The van der Waals surface area contributed by atoms with Crippen molar-refractivity contribution in [1.82, 2.24) is 24.7 Å². The maximum absolute atomic E-state index is 12.1. The van der Waals surface area contributed by atoms with Crippen LogP contribution >= 0.6 is 0 Å². The van der Waals surface area contributed by atoms with E-state index in [1.807, 2.05) is 24.0 Å². The number of hydrogen-bond acceptors (Lipinski definition) is 6. The molecule has 112 valence electrons. The minimum Gasteiger partial charge on any atom is -0.352 e. The Morgan fingerprint density at radius 2 is 2.10 bits per heavy atom. The molecule has 3 heterocycles. The quantitative estimate of drug-likeness (QED) is 0.808. The highest BCUT2D eigenvalue weighted by molar-refractivity contribution is 5.79. The highest BCUT2D eigenvalue weighted by Gasteiger charge is 2.24. The summed E-state index contributed by atoms with van der Waals surface area (Å²) < 4.78 is 1.66. The van der Waals surface area contributed by atoms with E-state index in [4.69, 9.17) is 5.73 Å². The van der Waals surface area contributed by atoms with Gasteiger partial charge in [0.15, 0.2) is 5.65 Å². The molecule has 1 saturated heterocycles. The highest BCUT2D eigenvalue weighted by atomic mass is 16.2. The fourth-order valence-corrected chi connectivity index (χ4v) is 2.46. The number of nitrogens with zero attached hydrogens (tertiary/aromatic N) is 6. The predicted molar refractivity (Wildman–Crippen MR) is 77.8 cm³/mol. The molecule has 0 aromatic carbocycles. The number of piperazine rings is 1. The van der Waals surface area contributed by atoms with Crippen molar-refractivity contribution in [3.63, 3.8) is 0 Å². The van der Waals surface area contributed by atoms with E-state index in [1.54, 1.807) is 10.8 Å². The molecule has 0 spiro atoms. The van der Waals surface area contributed by atoms with Crippen LogP contribution in [0, 0.1) is 5.92 Å². The zero-order valence-corrected chi connectivity index (χ0v) is 12.0. The number of carbonyl (C=O) groups excluding carboxylic acids is 1. The van der Waals surface area contributed by atoms with Gasteiger partial charge in [0.1, 0.15) is 12.1 Å². The maximum Gasteiger partial charge on any atom is 0.226 e. The summed E-state index contributed by atoms with van der Waals surface area (Å²) in [6.07, 6.45) is 1.58. The average Bonchev–Trinajstić information content (AvgIpc) is 3.01. The second-order valence-electron chi connectivity index (χ2n) is 5.27. The summed E-state index contributed by atoms with van der Waals surface area (Å²) in [4.78, 5) is 16.1. The normalized spacial score (nSPS) is 17.2. The number of aromatic nitrogens is 4. The summed E-state index contributed by atoms with van der Waals surface area (Å²) in [6, 6.07) is 3.83. The van der Waals surface area contributed by atoms with Crippen molar-refractivity contribution in [3.8, 4) is 0 Å². The first-order valence-corrected chi connectivity index (χ1v) is 7.10. The molecule has 0 radical (unpaired) electrons. The van der Waals surface area contributed by atoms with Crippen LogP contribution in [0.3, 0.4) is 0 Å². The van der Waals surface area contributed by atoms with Gasteiger partial charge in [0.2, 0.25) is 5.91 Å². The van der Waals surface area contributed by atoms with Crippen molar-refractivity contribution in [2.75, 3.05) is 37.6 Å². The van der Waals surface area contributed by atoms with Crippen LogP contribution < -0.4 is 10.6 Å². The molecular weight excluding hydrogens is 270 g/mol. The largest absolute Gasteiger partial charge is 0.352 e. The van der Waals surface area contributed by atoms with Gasteiger partial charge in [-0.15, -0.1) is 15.3 Å². The molecule has 1 aliphatic rings. The number of anilines is 1. The molecule has 1 amide bonds. The highest BCUT2D eigenvalue weighted by Crippen LogP contribution is 2.15. The first-order chi connectivity index (χ1) is 10.2. The SMILES string of the molecule is CC(CN)C(=O)N1CCN(c2ccc3nncn3n2)CC1. The first-order valence-electron chi connectivity index (χ1n) is 7.10. The number of fused-ring (bicyclic) bond motifs is 1. The third kappa shape index (κ3) is 2.66. The van der Waals surface area contributed by atoms with Crippen LogP contribution in [0.25, 0.3) is 5.65 Å². The van der Waals surface area contributed by atoms with E-state index >= 15 is 0 Å². The Morgan fingerprint density at radius 1 is 1.33 bits per heavy atom. The monoisotopic (exact) mass is 289 g/mol. The van der Waals surface area contributed by atoms with Gasteiger partial charge in [-0.3, -0.25) is 4.79 Å². The third-order valence-corrected chi connectivity index (χ3v) is 3.84. The Kier molecular flexibility index (Phi) is 3.70. The van der Waals surface area contributed by atoms with Crippen LogP contribution in [0.15, 0.2) is 18.5 Å². The number of hydrogen-bond donors (Lipinski definition) is 1. The average molecular weight is 289 g/mol. The lowest BCUT2D eigenvalue weighted by atomic mass is 10.1. The minimum absolute atomic E-state index is 0.108. The Morgan fingerprint density at radius 3 is 2.81 bits per heavy atom. The fourth-order valence-electron chi connectivity index (χ4n) is 2.46. The number of carbonyl (C=O) groups is 1. The molecule has 21 heavy (non-hydrogen) atoms. The van der Waals surface area contributed by atoms with E-state index in [-0.39, 0.29) is 11.8 Å². The van der Waals surface area contributed by atoms with E-state index in [9.17, 15) is 4.79 Å². The van der Waals surface area contributed by atoms with Gasteiger partial charge in [0.05, 0.1) is 0 Å². The molecule has 0 saturated carbocycles. The van der Waals surface area contributed by atoms with E-state index in [1.165, 1.54) is 0 Å². The van der Waals surface area contributed by atoms with Gasteiger partial charge in [-0.25, -0.2) is 0 Å². The van der Waals surface area contributed by atoms with Gasteiger partial charge in [-0.05, 0) is 12.1 Å². The lowest BCUT2D eigenvalue weighted by molar-refractivity contribution is -0.134. The molecule has 2 aromatic heterocycles. The Hall–Kier alpha value is -2.22. The van der Waals surface area contributed by atoms with Gasteiger partial charge in [-0.1, -0.05) is 6.92 Å². The predicted octanol–water partition coefficient (Wildman–Crippen LogP) is -0.632. The van der Waals surface area contributed by atoms with Crippen LogP contribution in [0.5, 0.6) is 0 Å². The smallest absolute Gasteiger partial charge is 0.226 e. The van der Waals surface area contributed by atoms with Gasteiger partial charge < -0.3 is 15.5 Å². The van der Waals surface area contributed by atoms with Crippen LogP contribution in [-0.2, 0) is 4.79 Å². The number of rotatable bonds is 3. The molecule has 0 bridgehead atoms. The molecule has 2 N–H and O–H groups in total. The molecule has 1 fully saturated rings. The standard InChI is InChI=1S/C13H19N7O/c1-10(8-14)13(21)19-6-4-18(5-7-19)12-3-2-11-16-15-9-20(11)17-12/h2-3,9-10H,4-8,14H2,1H3. The zero-order chi connectivity index (χ0) is 14.8. The molecule has 8 heteroatoms. The molecule has 3 rings (SSSR count). The molecule has 2 aromatic rings. The third-order valence-electron chi connectivity index (χ3n) is 3.84. The Bertz CT molecular complexity index is 632. The van der Waals surface area contributed by atoms with Crippen molar-refractivity contribution < 1.29 is 4.79 Å². The number of amides is 1. The Balaban J connectivity index is 1.66. The molecule has 1 aliphatic heterocycles. The molecule has 8 nitrogen and oxygen atoms in total. The Labute approximate surface area is 122 Å².